The number of aromatic nitrogens is 4. The van der Waals surface area contributed by atoms with E-state index in [1.165, 1.54) is 23.4 Å². The third kappa shape index (κ3) is 4.70. The summed E-state index contributed by atoms with van der Waals surface area (Å²) in [5.41, 5.74) is -1.43. The number of ether oxygens (including phenoxy) is 1. The van der Waals surface area contributed by atoms with Crippen molar-refractivity contribution in [1.29, 1.82) is 0 Å². The van der Waals surface area contributed by atoms with E-state index >= 15 is 0 Å². The zero-order valence-electron chi connectivity index (χ0n) is 18.0. The van der Waals surface area contributed by atoms with Gasteiger partial charge in [-0.25, -0.2) is 13.8 Å². The zero-order chi connectivity index (χ0) is 24.5. The highest BCUT2D eigenvalue weighted by atomic mass is 19.4. The van der Waals surface area contributed by atoms with Gasteiger partial charge in [-0.2, -0.15) is 23.4 Å². The summed E-state index contributed by atoms with van der Waals surface area (Å²) in [6.45, 7) is 2.21. The number of pyridine rings is 1. The summed E-state index contributed by atoms with van der Waals surface area (Å²) < 4.78 is 72.5. The van der Waals surface area contributed by atoms with Gasteiger partial charge in [0.1, 0.15) is 12.3 Å². The van der Waals surface area contributed by atoms with E-state index in [1.807, 2.05) is 6.92 Å². The summed E-state index contributed by atoms with van der Waals surface area (Å²) >= 11 is 0. The number of alkyl halides is 3. The van der Waals surface area contributed by atoms with Crippen LogP contribution >= 0.6 is 0 Å². The Bertz CT molecular complexity index is 1150. The highest BCUT2D eigenvalue weighted by Crippen LogP contribution is 2.31. The van der Waals surface area contributed by atoms with E-state index in [9.17, 15) is 26.7 Å². The molecule has 0 bridgehead atoms. The molecular weight excluding hydrogens is 461 g/mol. The summed E-state index contributed by atoms with van der Waals surface area (Å²) in [4.78, 5) is 19.5. The van der Waals surface area contributed by atoms with Crippen molar-refractivity contribution in [2.75, 3.05) is 13.2 Å². The molecule has 3 aromatic rings. The number of likely N-dealkylation sites (tertiary alicyclic amines) is 1. The Morgan fingerprint density at radius 2 is 1.88 bits per heavy atom. The summed E-state index contributed by atoms with van der Waals surface area (Å²) in [7, 11) is 0. The second-order valence-electron chi connectivity index (χ2n) is 7.96. The van der Waals surface area contributed by atoms with Gasteiger partial charge in [-0.3, -0.25) is 4.79 Å². The molecule has 4 rings (SSSR count). The van der Waals surface area contributed by atoms with Crippen LogP contribution in [-0.4, -0.2) is 50.0 Å². The monoisotopic (exact) mass is 481 g/mol. The third-order valence-electron chi connectivity index (χ3n) is 5.76. The number of rotatable bonds is 5. The van der Waals surface area contributed by atoms with E-state index < -0.39 is 41.0 Å². The number of piperidine rings is 1. The predicted octanol–water partition coefficient (Wildman–Crippen LogP) is 4.28. The average molecular weight is 481 g/mol. The molecule has 1 aromatic carbocycles. The van der Waals surface area contributed by atoms with E-state index in [1.54, 1.807) is 0 Å². The molecule has 1 fully saturated rings. The second-order valence-corrected chi connectivity index (χ2v) is 7.96. The van der Waals surface area contributed by atoms with Gasteiger partial charge in [0, 0.05) is 18.8 Å². The van der Waals surface area contributed by atoms with Crippen molar-refractivity contribution in [3.05, 3.63) is 65.6 Å². The van der Waals surface area contributed by atoms with Crippen LogP contribution in [0.15, 0.2) is 42.9 Å². The van der Waals surface area contributed by atoms with Gasteiger partial charge >= 0.3 is 6.18 Å². The minimum atomic E-state index is -4.52. The van der Waals surface area contributed by atoms with E-state index in [4.69, 9.17) is 4.74 Å². The third-order valence-corrected chi connectivity index (χ3v) is 5.76. The number of halogens is 5. The van der Waals surface area contributed by atoms with Crippen LogP contribution in [0.25, 0.3) is 5.69 Å². The van der Waals surface area contributed by atoms with Gasteiger partial charge in [0.15, 0.2) is 11.6 Å². The molecule has 0 aliphatic carbocycles. The molecule has 7 nitrogen and oxygen atoms in total. The molecule has 2 aromatic heterocycles. The van der Waals surface area contributed by atoms with Crippen LogP contribution in [0.5, 0.6) is 5.88 Å². The Hall–Kier alpha value is -3.57. The lowest BCUT2D eigenvalue weighted by molar-refractivity contribution is -0.137. The van der Waals surface area contributed by atoms with Crippen molar-refractivity contribution in [2.45, 2.75) is 32.0 Å². The van der Waals surface area contributed by atoms with Gasteiger partial charge in [0.2, 0.25) is 5.88 Å². The van der Waals surface area contributed by atoms with Crippen LogP contribution in [0.3, 0.4) is 0 Å². The Kier molecular flexibility index (Phi) is 6.49. The first-order valence-corrected chi connectivity index (χ1v) is 10.5. The number of carbonyl (C=O) groups is 1. The number of carbonyl (C=O) groups excluding carboxylic acids is 1. The van der Waals surface area contributed by atoms with Gasteiger partial charge in [-0.1, -0.05) is 6.92 Å². The van der Waals surface area contributed by atoms with Crippen LogP contribution in [0.1, 0.15) is 35.7 Å². The van der Waals surface area contributed by atoms with Crippen LogP contribution in [0.4, 0.5) is 22.0 Å². The molecule has 1 aliphatic heterocycles. The number of nitrogens with zero attached hydrogens (tertiary/aromatic N) is 5. The zero-order valence-corrected chi connectivity index (χ0v) is 18.0. The van der Waals surface area contributed by atoms with E-state index in [0.717, 1.165) is 29.4 Å². The molecule has 34 heavy (non-hydrogen) atoms. The van der Waals surface area contributed by atoms with E-state index in [0.29, 0.717) is 19.2 Å². The summed E-state index contributed by atoms with van der Waals surface area (Å²) in [6.07, 6.45) is 0.167. The summed E-state index contributed by atoms with van der Waals surface area (Å²) in [5.74, 6) is -3.01. The van der Waals surface area contributed by atoms with Crippen molar-refractivity contribution in [2.24, 2.45) is 5.92 Å². The van der Waals surface area contributed by atoms with Gasteiger partial charge in [-0.15, -0.1) is 4.80 Å². The smallest absolute Gasteiger partial charge is 0.417 e. The van der Waals surface area contributed by atoms with Gasteiger partial charge in [0.25, 0.3) is 5.91 Å². The van der Waals surface area contributed by atoms with Crippen molar-refractivity contribution < 1.29 is 31.5 Å². The molecule has 1 saturated heterocycles. The SMILES string of the molecule is CC1CCCN(C(=O)c2ccc(F)c(F)c2-n2nccn2)C1COc1ccc(C(F)(F)F)cn1. The lowest BCUT2D eigenvalue weighted by atomic mass is 9.90. The standard InChI is InChI=1S/C22H20F5N5O2/c1-13-3-2-10-31(17(13)12-34-18-7-4-14(11-28-18)22(25,26)27)21(33)15-5-6-16(23)19(24)20(15)32-29-8-9-30-32/h4-9,11,13,17H,2-3,10,12H2,1H3. The number of hydrogen-bond donors (Lipinski definition) is 0. The largest absolute Gasteiger partial charge is 0.475 e. The first-order chi connectivity index (χ1) is 16.2. The fraction of sp³-hybridized carbons (Fsp3) is 0.364. The topological polar surface area (TPSA) is 73.1 Å². The minimum Gasteiger partial charge on any atom is -0.475 e. The highest BCUT2D eigenvalue weighted by Gasteiger charge is 2.35. The molecule has 1 amide bonds. The quantitative estimate of drug-likeness (QED) is 0.509. The molecule has 3 heterocycles. The Morgan fingerprint density at radius 3 is 2.53 bits per heavy atom. The molecular formula is C22H20F5N5O2. The van der Waals surface area contributed by atoms with Gasteiger partial charge in [0.05, 0.1) is 29.6 Å². The molecule has 2 unspecified atom stereocenters. The van der Waals surface area contributed by atoms with Crippen molar-refractivity contribution in [3.63, 3.8) is 0 Å². The van der Waals surface area contributed by atoms with Crippen molar-refractivity contribution >= 4 is 5.91 Å². The number of hydrogen-bond acceptors (Lipinski definition) is 5. The maximum Gasteiger partial charge on any atom is 0.417 e. The highest BCUT2D eigenvalue weighted by molar-refractivity contribution is 5.98. The Morgan fingerprint density at radius 1 is 1.15 bits per heavy atom. The summed E-state index contributed by atoms with van der Waals surface area (Å²) in [6, 6.07) is 3.53. The van der Waals surface area contributed by atoms with E-state index in [-0.39, 0.29) is 24.0 Å². The van der Waals surface area contributed by atoms with Crippen LogP contribution in [0, 0.1) is 17.6 Å². The predicted molar refractivity (Wildman–Crippen MR) is 109 cm³/mol. The van der Waals surface area contributed by atoms with Crippen LogP contribution < -0.4 is 4.74 Å². The van der Waals surface area contributed by atoms with Crippen molar-refractivity contribution in [3.8, 4) is 11.6 Å². The van der Waals surface area contributed by atoms with Gasteiger partial charge < -0.3 is 9.64 Å². The molecule has 2 atom stereocenters. The van der Waals surface area contributed by atoms with E-state index in [2.05, 4.69) is 15.2 Å². The fourth-order valence-electron chi connectivity index (χ4n) is 3.95. The van der Waals surface area contributed by atoms with Crippen molar-refractivity contribution in [1.82, 2.24) is 24.9 Å². The Balaban J connectivity index is 1.58. The second kappa shape index (κ2) is 9.35. The number of benzene rings is 1. The Labute approximate surface area is 191 Å². The average Bonchev–Trinajstić information content (AvgIpc) is 3.33. The molecule has 1 aliphatic rings. The first-order valence-electron chi connectivity index (χ1n) is 10.5. The lowest BCUT2D eigenvalue weighted by Crippen LogP contribution is -2.51. The maximum atomic E-state index is 14.7. The number of amides is 1. The molecule has 12 heteroatoms. The molecule has 0 radical (unpaired) electrons. The van der Waals surface area contributed by atoms with Crippen LogP contribution in [-0.2, 0) is 6.18 Å². The first kappa shape index (κ1) is 23.6. The molecule has 0 saturated carbocycles. The van der Waals surface area contributed by atoms with Gasteiger partial charge in [-0.05, 0) is 37.0 Å². The van der Waals surface area contributed by atoms with Crippen LogP contribution in [0.2, 0.25) is 0 Å². The lowest BCUT2D eigenvalue weighted by Gasteiger charge is -2.40. The normalized spacial score (nSPS) is 18.7. The fourth-order valence-corrected chi connectivity index (χ4v) is 3.95. The summed E-state index contributed by atoms with van der Waals surface area (Å²) in [5, 5.41) is 7.65. The maximum absolute atomic E-state index is 14.7. The minimum absolute atomic E-state index is 0.0209. The molecule has 180 valence electrons. The molecule has 0 spiro atoms. The molecule has 0 N–H and O–H groups in total.